The largest absolute Gasteiger partial charge is 0.373 e. The lowest BCUT2D eigenvalue weighted by Crippen LogP contribution is -2.07. The van der Waals surface area contributed by atoms with Crippen LogP contribution in [-0.2, 0) is 0 Å². The Morgan fingerprint density at radius 3 is 2.58 bits per heavy atom. The molecule has 6 nitrogen and oxygen atoms in total. The molecule has 0 radical (unpaired) electrons. The molecule has 1 aliphatic rings. The van der Waals surface area contributed by atoms with E-state index in [1.807, 2.05) is 19.0 Å². The first-order chi connectivity index (χ1) is 9.06. The monoisotopic (exact) mass is 278 g/mol. The zero-order valence-corrected chi connectivity index (χ0v) is 11.5. The Kier molecular flexibility index (Phi) is 4.16. The summed E-state index contributed by atoms with van der Waals surface area (Å²) in [6.07, 6.45) is 2.98. The lowest BCUT2D eigenvalue weighted by atomic mass is 10.3. The van der Waals surface area contributed by atoms with Crippen LogP contribution in [0.1, 0.15) is 6.42 Å². The van der Waals surface area contributed by atoms with Crippen LogP contribution in [0.4, 0.5) is 11.4 Å². The summed E-state index contributed by atoms with van der Waals surface area (Å²) < 4.78 is 0. The molecule has 1 aromatic carbocycles. The minimum atomic E-state index is -0.430. The zero-order chi connectivity index (χ0) is 13.8. The molecule has 1 heterocycles. The highest BCUT2D eigenvalue weighted by atomic mass is 32.2. The van der Waals surface area contributed by atoms with Crippen LogP contribution in [0.15, 0.2) is 45.6 Å². The minimum Gasteiger partial charge on any atom is -0.373 e. The highest BCUT2D eigenvalue weighted by Crippen LogP contribution is 2.34. The summed E-state index contributed by atoms with van der Waals surface area (Å²) in [5.74, 6) is 0. The van der Waals surface area contributed by atoms with Crippen molar-refractivity contribution in [3.8, 4) is 0 Å². The highest BCUT2D eigenvalue weighted by molar-refractivity contribution is 8.03. The fourth-order valence-electron chi connectivity index (χ4n) is 1.57. The molecule has 0 bridgehead atoms. The van der Waals surface area contributed by atoms with Crippen molar-refractivity contribution in [1.29, 1.82) is 0 Å². The van der Waals surface area contributed by atoms with E-state index >= 15 is 0 Å². The van der Waals surface area contributed by atoms with E-state index in [0.717, 1.165) is 6.42 Å². The second kappa shape index (κ2) is 5.83. The van der Waals surface area contributed by atoms with Crippen LogP contribution in [0, 0.1) is 10.1 Å². The maximum absolute atomic E-state index is 10.5. The molecule has 0 fully saturated rings. The van der Waals surface area contributed by atoms with Crippen molar-refractivity contribution < 1.29 is 4.92 Å². The first kappa shape index (κ1) is 13.5. The van der Waals surface area contributed by atoms with E-state index in [9.17, 15) is 10.1 Å². The number of benzene rings is 1. The van der Waals surface area contributed by atoms with Crippen molar-refractivity contribution in [3.05, 3.63) is 45.5 Å². The van der Waals surface area contributed by atoms with Gasteiger partial charge >= 0.3 is 0 Å². The Balaban J connectivity index is 1.95. The van der Waals surface area contributed by atoms with Crippen LogP contribution in [-0.4, -0.2) is 29.3 Å². The SMILES string of the molecule is CN(C)C1=CCC(N=Nc2ccc([N+](=O)[O-])cc2)S1. The van der Waals surface area contributed by atoms with Gasteiger partial charge in [-0.1, -0.05) is 17.8 Å². The number of rotatable bonds is 4. The van der Waals surface area contributed by atoms with Gasteiger partial charge in [0.15, 0.2) is 0 Å². The number of non-ortho nitro benzene ring substituents is 1. The van der Waals surface area contributed by atoms with E-state index in [0.29, 0.717) is 5.69 Å². The fourth-order valence-corrected chi connectivity index (χ4v) is 2.54. The molecule has 19 heavy (non-hydrogen) atoms. The summed E-state index contributed by atoms with van der Waals surface area (Å²) in [6.45, 7) is 0. The molecular formula is C12H14N4O2S. The van der Waals surface area contributed by atoms with Crippen molar-refractivity contribution in [2.45, 2.75) is 11.8 Å². The Hall–Kier alpha value is -1.89. The Bertz CT molecular complexity index is 525. The van der Waals surface area contributed by atoms with Gasteiger partial charge in [0.25, 0.3) is 5.69 Å². The molecule has 0 aromatic heterocycles. The topological polar surface area (TPSA) is 71.1 Å². The predicted octanol–water partition coefficient (Wildman–Crippen LogP) is 3.54. The first-order valence-electron chi connectivity index (χ1n) is 5.75. The lowest BCUT2D eigenvalue weighted by molar-refractivity contribution is -0.384. The van der Waals surface area contributed by atoms with Gasteiger partial charge in [0.05, 0.1) is 15.6 Å². The van der Waals surface area contributed by atoms with Gasteiger partial charge in [-0.25, -0.2) is 0 Å². The predicted molar refractivity (Wildman–Crippen MR) is 75.4 cm³/mol. The molecule has 0 N–H and O–H groups in total. The molecule has 7 heteroatoms. The summed E-state index contributed by atoms with van der Waals surface area (Å²) in [5, 5.41) is 20.1. The number of hydrogen-bond donors (Lipinski definition) is 0. The molecule has 1 aliphatic heterocycles. The van der Waals surface area contributed by atoms with Gasteiger partial charge in [0, 0.05) is 32.6 Å². The number of nitrogens with zero attached hydrogens (tertiary/aromatic N) is 4. The third-order valence-electron chi connectivity index (χ3n) is 2.55. The second-order valence-electron chi connectivity index (χ2n) is 4.23. The van der Waals surface area contributed by atoms with Crippen LogP contribution in [0.5, 0.6) is 0 Å². The summed E-state index contributed by atoms with van der Waals surface area (Å²) in [7, 11) is 3.99. The summed E-state index contributed by atoms with van der Waals surface area (Å²) in [6, 6.07) is 6.06. The molecule has 1 aromatic rings. The maximum Gasteiger partial charge on any atom is 0.269 e. The second-order valence-corrected chi connectivity index (χ2v) is 5.43. The number of thioether (sulfide) groups is 1. The van der Waals surface area contributed by atoms with Gasteiger partial charge in [-0.15, -0.1) is 0 Å². The van der Waals surface area contributed by atoms with Gasteiger partial charge in [-0.2, -0.15) is 10.2 Å². The minimum absolute atomic E-state index is 0.0609. The zero-order valence-electron chi connectivity index (χ0n) is 10.7. The summed E-state index contributed by atoms with van der Waals surface area (Å²) >= 11 is 1.66. The first-order valence-corrected chi connectivity index (χ1v) is 6.63. The molecular weight excluding hydrogens is 264 g/mol. The van der Waals surface area contributed by atoms with Crippen molar-refractivity contribution in [2.24, 2.45) is 10.2 Å². The maximum atomic E-state index is 10.5. The molecule has 0 saturated carbocycles. The van der Waals surface area contributed by atoms with E-state index in [1.165, 1.54) is 17.2 Å². The normalized spacial score (nSPS) is 18.6. The Morgan fingerprint density at radius 2 is 2.05 bits per heavy atom. The highest BCUT2D eigenvalue weighted by Gasteiger charge is 2.18. The molecule has 0 aliphatic carbocycles. The van der Waals surface area contributed by atoms with E-state index in [-0.39, 0.29) is 11.1 Å². The van der Waals surface area contributed by atoms with Gasteiger partial charge in [-0.05, 0) is 12.1 Å². The van der Waals surface area contributed by atoms with Crippen LogP contribution in [0.2, 0.25) is 0 Å². The van der Waals surface area contributed by atoms with E-state index in [4.69, 9.17) is 0 Å². The van der Waals surface area contributed by atoms with Gasteiger partial charge in [0.1, 0.15) is 5.37 Å². The molecule has 0 spiro atoms. The van der Waals surface area contributed by atoms with E-state index in [1.54, 1.807) is 23.9 Å². The van der Waals surface area contributed by atoms with Crippen molar-refractivity contribution in [1.82, 2.24) is 4.90 Å². The Labute approximate surface area is 115 Å². The van der Waals surface area contributed by atoms with Gasteiger partial charge < -0.3 is 4.90 Å². The molecule has 1 unspecified atom stereocenters. The molecule has 0 amide bonds. The third-order valence-corrected chi connectivity index (χ3v) is 3.89. The van der Waals surface area contributed by atoms with E-state index < -0.39 is 4.92 Å². The molecule has 100 valence electrons. The summed E-state index contributed by atoms with van der Waals surface area (Å²) in [5.41, 5.74) is 0.690. The average molecular weight is 278 g/mol. The van der Waals surface area contributed by atoms with Gasteiger partial charge in [-0.3, -0.25) is 10.1 Å². The van der Waals surface area contributed by atoms with Crippen LogP contribution in [0.3, 0.4) is 0 Å². The number of nitro benzene ring substituents is 1. The quantitative estimate of drug-likeness (QED) is 0.479. The number of hydrogen-bond acceptors (Lipinski definition) is 6. The van der Waals surface area contributed by atoms with Crippen molar-refractivity contribution >= 4 is 23.1 Å². The smallest absolute Gasteiger partial charge is 0.269 e. The van der Waals surface area contributed by atoms with Crippen LogP contribution in [0.25, 0.3) is 0 Å². The van der Waals surface area contributed by atoms with Crippen LogP contribution < -0.4 is 0 Å². The molecule has 0 saturated heterocycles. The number of azo groups is 1. The lowest BCUT2D eigenvalue weighted by Gasteiger charge is -2.12. The van der Waals surface area contributed by atoms with Crippen LogP contribution >= 0.6 is 11.8 Å². The number of nitro groups is 1. The standard InChI is InChI=1S/C12H14N4O2S/c1-15(2)12-8-7-11(19-12)14-13-9-3-5-10(6-4-9)16(17)18/h3-6,8,11H,7H2,1-2H3. The van der Waals surface area contributed by atoms with Crippen molar-refractivity contribution in [3.63, 3.8) is 0 Å². The molecule has 2 rings (SSSR count). The summed E-state index contributed by atoms with van der Waals surface area (Å²) in [4.78, 5) is 12.1. The van der Waals surface area contributed by atoms with Crippen molar-refractivity contribution in [2.75, 3.05) is 14.1 Å². The average Bonchev–Trinajstić information content (AvgIpc) is 2.86. The molecule has 1 atom stereocenters. The fraction of sp³-hybridized carbons (Fsp3) is 0.333. The van der Waals surface area contributed by atoms with Gasteiger partial charge in [0.2, 0.25) is 0 Å². The third kappa shape index (κ3) is 3.54. The Morgan fingerprint density at radius 1 is 1.37 bits per heavy atom. The van der Waals surface area contributed by atoms with E-state index in [2.05, 4.69) is 16.3 Å².